The first-order valence-corrected chi connectivity index (χ1v) is 5.74. The highest BCUT2D eigenvalue weighted by molar-refractivity contribution is 5.14. The van der Waals surface area contributed by atoms with Crippen molar-refractivity contribution in [2.75, 3.05) is 20.3 Å². The second-order valence-electron chi connectivity index (χ2n) is 4.05. The number of ether oxygens (including phenoxy) is 1. The van der Waals surface area contributed by atoms with Gasteiger partial charge in [-0.25, -0.2) is 0 Å². The predicted octanol–water partition coefficient (Wildman–Crippen LogP) is 1.88. The van der Waals surface area contributed by atoms with E-state index in [4.69, 9.17) is 0 Å². The third-order valence-corrected chi connectivity index (χ3v) is 2.36. The fourth-order valence-electron chi connectivity index (χ4n) is 1.55. The van der Waals surface area contributed by atoms with Crippen molar-refractivity contribution in [1.29, 1.82) is 0 Å². The Morgan fingerprint density at radius 3 is 2.78 bits per heavy atom. The van der Waals surface area contributed by atoms with Gasteiger partial charge in [0.2, 0.25) is 0 Å². The summed E-state index contributed by atoms with van der Waals surface area (Å²) in [6.07, 6.45) is -1.84. The van der Waals surface area contributed by atoms with Gasteiger partial charge in [0.1, 0.15) is 6.61 Å². The Hall–Kier alpha value is -1.08. The molecule has 0 bridgehead atoms. The summed E-state index contributed by atoms with van der Waals surface area (Å²) in [4.78, 5) is 0. The Morgan fingerprint density at radius 1 is 1.44 bits per heavy atom. The molecule has 1 aromatic heterocycles. The molecule has 7 heteroatoms. The Kier molecular flexibility index (Phi) is 5.61. The largest absolute Gasteiger partial charge is 0.411 e. The highest BCUT2D eigenvalue weighted by Gasteiger charge is 2.27. The maximum atomic E-state index is 11.8. The normalized spacial score (nSPS) is 12.1. The molecule has 0 fully saturated rings. The first kappa shape index (κ1) is 15.0. The van der Waals surface area contributed by atoms with Gasteiger partial charge in [-0.2, -0.15) is 18.3 Å². The highest BCUT2D eigenvalue weighted by atomic mass is 19.4. The smallest absolute Gasteiger partial charge is 0.372 e. The van der Waals surface area contributed by atoms with Gasteiger partial charge in [-0.1, -0.05) is 0 Å². The van der Waals surface area contributed by atoms with Gasteiger partial charge in [0, 0.05) is 31.5 Å². The van der Waals surface area contributed by atoms with Crippen LogP contribution in [0.4, 0.5) is 13.2 Å². The van der Waals surface area contributed by atoms with Crippen molar-refractivity contribution >= 4 is 0 Å². The van der Waals surface area contributed by atoms with E-state index in [1.165, 1.54) is 0 Å². The summed E-state index contributed by atoms with van der Waals surface area (Å²) in [6, 6.07) is 0. The Morgan fingerprint density at radius 2 is 2.17 bits per heavy atom. The van der Waals surface area contributed by atoms with Crippen molar-refractivity contribution in [1.82, 2.24) is 15.1 Å². The summed E-state index contributed by atoms with van der Waals surface area (Å²) in [7, 11) is 1.85. The Balaban J connectivity index is 2.25. The SMILES string of the molecule is CNCc1cn(CCCOCC(F)(F)F)nc1C. The molecule has 0 radical (unpaired) electrons. The molecule has 0 spiro atoms. The molecule has 0 aliphatic carbocycles. The second kappa shape index (κ2) is 6.75. The summed E-state index contributed by atoms with van der Waals surface area (Å²) in [5.74, 6) is 0. The molecule has 0 atom stereocenters. The number of aryl methyl sites for hydroxylation is 2. The number of alkyl halides is 3. The van der Waals surface area contributed by atoms with E-state index in [0.29, 0.717) is 13.0 Å². The maximum Gasteiger partial charge on any atom is 0.411 e. The van der Waals surface area contributed by atoms with Crippen LogP contribution in [0.3, 0.4) is 0 Å². The molecule has 18 heavy (non-hydrogen) atoms. The molecule has 0 saturated heterocycles. The van der Waals surface area contributed by atoms with Crippen LogP contribution >= 0.6 is 0 Å². The molecule has 1 N–H and O–H groups in total. The molecule has 0 aromatic carbocycles. The fourth-order valence-corrected chi connectivity index (χ4v) is 1.55. The second-order valence-corrected chi connectivity index (χ2v) is 4.05. The third kappa shape index (κ3) is 5.50. The van der Waals surface area contributed by atoms with Crippen LogP contribution in [0.2, 0.25) is 0 Å². The molecule has 0 unspecified atom stereocenters. The average molecular weight is 265 g/mol. The van der Waals surface area contributed by atoms with Crippen LogP contribution in [-0.2, 0) is 17.8 Å². The molecule has 104 valence electrons. The van der Waals surface area contributed by atoms with Crippen LogP contribution in [0.1, 0.15) is 17.7 Å². The van der Waals surface area contributed by atoms with Gasteiger partial charge in [-0.15, -0.1) is 0 Å². The minimum absolute atomic E-state index is 0.0831. The number of hydrogen-bond acceptors (Lipinski definition) is 3. The van der Waals surface area contributed by atoms with Crippen molar-refractivity contribution in [3.05, 3.63) is 17.5 Å². The van der Waals surface area contributed by atoms with Gasteiger partial charge in [-0.05, 0) is 20.4 Å². The molecule has 1 rings (SSSR count). The summed E-state index contributed by atoms with van der Waals surface area (Å²) in [5, 5.41) is 7.30. The van der Waals surface area contributed by atoms with E-state index in [1.807, 2.05) is 20.2 Å². The van der Waals surface area contributed by atoms with Gasteiger partial charge < -0.3 is 10.1 Å². The van der Waals surface area contributed by atoms with E-state index in [-0.39, 0.29) is 6.61 Å². The van der Waals surface area contributed by atoms with E-state index in [9.17, 15) is 13.2 Å². The Bertz CT molecular complexity index is 363. The van der Waals surface area contributed by atoms with Crippen LogP contribution < -0.4 is 5.32 Å². The van der Waals surface area contributed by atoms with Crippen LogP contribution in [-0.4, -0.2) is 36.2 Å². The average Bonchev–Trinajstić information content (AvgIpc) is 2.58. The third-order valence-electron chi connectivity index (χ3n) is 2.36. The molecule has 0 saturated carbocycles. The molecular formula is C11H18F3N3O. The molecule has 0 aliphatic rings. The number of aromatic nitrogens is 2. The lowest BCUT2D eigenvalue weighted by atomic mass is 10.3. The predicted molar refractivity (Wildman–Crippen MR) is 61.2 cm³/mol. The lowest BCUT2D eigenvalue weighted by Gasteiger charge is -2.07. The quantitative estimate of drug-likeness (QED) is 0.765. The van der Waals surface area contributed by atoms with Crippen LogP contribution in [0, 0.1) is 6.92 Å². The first-order valence-electron chi connectivity index (χ1n) is 5.74. The summed E-state index contributed by atoms with van der Waals surface area (Å²) in [5.41, 5.74) is 2.02. The fraction of sp³-hybridized carbons (Fsp3) is 0.727. The van der Waals surface area contributed by atoms with Crippen molar-refractivity contribution in [2.45, 2.75) is 32.6 Å². The number of hydrogen-bond donors (Lipinski definition) is 1. The highest BCUT2D eigenvalue weighted by Crippen LogP contribution is 2.14. The number of nitrogens with one attached hydrogen (secondary N) is 1. The van der Waals surface area contributed by atoms with Crippen molar-refractivity contribution in [2.24, 2.45) is 0 Å². The zero-order valence-electron chi connectivity index (χ0n) is 10.5. The van der Waals surface area contributed by atoms with Crippen molar-refractivity contribution < 1.29 is 17.9 Å². The lowest BCUT2D eigenvalue weighted by molar-refractivity contribution is -0.174. The van der Waals surface area contributed by atoms with E-state index in [0.717, 1.165) is 17.8 Å². The summed E-state index contributed by atoms with van der Waals surface area (Å²) < 4.78 is 41.7. The topological polar surface area (TPSA) is 39.1 Å². The van der Waals surface area contributed by atoms with Gasteiger partial charge in [0.05, 0.1) is 5.69 Å². The van der Waals surface area contributed by atoms with E-state index in [2.05, 4.69) is 15.2 Å². The molecular weight excluding hydrogens is 247 g/mol. The van der Waals surface area contributed by atoms with Gasteiger partial charge >= 0.3 is 6.18 Å². The molecule has 1 aromatic rings. The number of halogens is 3. The Labute approximate surface area is 104 Å². The summed E-state index contributed by atoms with van der Waals surface area (Å²) in [6.45, 7) is 2.10. The van der Waals surface area contributed by atoms with Crippen LogP contribution in [0.5, 0.6) is 0 Å². The van der Waals surface area contributed by atoms with Gasteiger partial charge in [-0.3, -0.25) is 4.68 Å². The maximum absolute atomic E-state index is 11.8. The van der Waals surface area contributed by atoms with Crippen molar-refractivity contribution in [3.8, 4) is 0 Å². The van der Waals surface area contributed by atoms with Crippen molar-refractivity contribution in [3.63, 3.8) is 0 Å². The van der Waals surface area contributed by atoms with Crippen LogP contribution in [0.15, 0.2) is 6.20 Å². The summed E-state index contributed by atoms with van der Waals surface area (Å²) >= 11 is 0. The zero-order chi connectivity index (χ0) is 13.6. The van der Waals surface area contributed by atoms with Crippen LogP contribution in [0.25, 0.3) is 0 Å². The molecule has 1 heterocycles. The lowest BCUT2D eigenvalue weighted by Crippen LogP contribution is -2.17. The monoisotopic (exact) mass is 265 g/mol. The van der Waals surface area contributed by atoms with Gasteiger partial charge in [0.15, 0.2) is 0 Å². The minimum Gasteiger partial charge on any atom is -0.372 e. The van der Waals surface area contributed by atoms with E-state index < -0.39 is 12.8 Å². The standard InChI is InChI=1S/C11H18F3N3O/c1-9-10(6-15-2)7-17(16-9)4-3-5-18-8-11(12,13)14/h7,15H,3-6,8H2,1-2H3. The molecule has 4 nitrogen and oxygen atoms in total. The zero-order valence-corrected chi connectivity index (χ0v) is 10.5. The van der Waals surface area contributed by atoms with E-state index in [1.54, 1.807) is 4.68 Å². The number of nitrogens with zero attached hydrogens (tertiary/aromatic N) is 2. The van der Waals surface area contributed by atoms with Gasteiger partial charge in [0.25, 0.3) is 0 Å². The van der Waals surface area contributed by atoms with E-state index >= 15 is 0 Å². The molecule has 0 aliphatic heterocycles. The first-order chi connectivity index (χ1) is 8.42. The number of rotatable bonds is 7. The molecule has 0 amide bonds. The minimum atomic E-state index is -4.25.